The summed E-state index contributed by atoms with van der Waals surface area (Å²) in [5.41, 5.74) is 4.99. The fourth-order valence-electron chi connectivity index (χ4n) is 4.39. The van der Waals surface area contributed by atoms with Gasteiger partial charge in [-0.05, 0) is 51.8 Å². The third kappa shape index (κ3) is 4.22. The minimum Gasteiger partial charge on any atom is -0.493 e. The number of H-pyrrole nitrogens is 1. The maximum Gasteiger partial charge on any atom is 0.273 e. The number of aryl methyl sites for hydroxylation is 1. The van der Waals surface area contributed by atoms with Crippen LogP contribution in [0, 0.1) is 6.92 Å². The molecule has 0 spiro atoms. The topological polar surface area (TPSA) is 67.5 Å². The van der Waals surface area contributed by atoms with E-state index < -0.39 is 5.54 Å². The lowest BCUT2D eigenvalue weighted by atomic mass is 9.93. The van der Waals surface area contributed by atoms with Gasteiger partial charge in [0.25, 0.3) is 5.91 Å². The average molecular weight is 448 g/mol. The summed E-state index contributed by atoms with van der Waals surface area (Å²) < 4.78 is 11.6. The molecular weight excluding hydrogens is 414 g/mol. The van der Waals surface area contributed by atoms with E-state index in [-0.39, 0.29) is 11.9 Å². The summed E-state index contributed by atoms with van der Waals surface area (Å²) in [5.74, 6) is 1.34. The van der Waals surface area contributed by atoms with E-state index in [0.717, 1.165) is 35.2 Å². The highest BCUT2D eigenvalue weighted by atomic mass is 16.5. The Labute approximate surface area is 195 Å². The van der Waals surface area contributed by atoms with Crippen molar-refractivity contribution in [1.29, 1.82) is 0 Å². The number of rotatable bonds is 7. The summed E-state index contributed by atoms with van der Waals surface area (Å²) in [7, 11) is 1.65. The van der Waals surface area contributed by atoms with Gasteiger partial charge in [0.2, 0.25) is 0 Å². The third-order valence-corrected chi connectivity index (χ3v) is 6.07. The number of methoxy groups -OCH3 is 1. The molecule has 0 fully saturated rings. The molecule has 0 bridgehead atoms. The fraction of sp³-hybridized carbons (Fsp3) is 0.407. The molecule has 1 amide bonds. The molecule has 1 aliphatic rings. The summed E-state index contributed by atoms with van der Waals surface area (Å²) in [5, 5.41) is 7.59. The number of amides is 1. The van der Waals surface area contributed by atoms with Gasteiger partial charge in [0.05, 0.1) is 25.5 Å². The van der Waals surface area contributed by atoms with Crippen molar-refractivity contribution >= 4 is 5.91 Å². The summed E-state index contributed by atoms with van der Waals surface area (Å²) in [6, 6.07) is 13.9. The molecule has 3 aromatic rings. The van der Waals surface area contributed by atoms with E-state index in [9.17, 15) is 4.79 Å². The van der Waals surface area contributed by atoms with Crippen molar-refractivity contribution in [2.24, 2.45) is 0 Å². The Morgan fingerprint density at radius 2 is 1.82 bits per heavy atom. The monoisotopic (exact) mass is 447 g/mol. The van der Waals surface area contributed by atoms with E-state index in [1.165, 1.54) is 5.56 Å². The number of aromatic nitrogens is 2. The predicted octanol–water partition coefficient (Wildman–Crippen LogP) is 5.92. The minimum atomic E-state index is -0.393. The van der Waals surface area contributed by atoms with Crippen LogP contribution in [0.4, 0.5) is 0 Å². The summed E-state index contributed by atoms with van der Waals surface area (Å²) in [6.45, 7) is 11.0. The van der Waals surface area contributed by atoms with Crippen LogP contribution in [0.25, 0.3) is 11.3 Å². The second kappa shape index (κ2) is 8.93. The van der Waals surface area contributed by atoms with Crippen LogP contribution in [-0.4, -0.2) is 40.3 Å². The number of fused-ring (bicyclic) bond motifs is 1. The Hall–Kier alpha value is -3.28. The van der Waals surface area contributed by atoms with Crippen LogP contribution in [0.15, 0.2) is 42.5 Å². The van der Waals surface area contributed by atoms with Gasteiger partial charge in [0.15, 0.2) is 11.5 Å². The first kappa shape index (κ1) is 22.9. The molecular formula is C27H33N3O3. The maximum atomic E-state index is 13.5. The lowest BCUT2D eigenvalue weighted by Crippen LogP contribution is -2.44. The van der Waals surface area contributed by atoms with Crippen molar-refractivity contribution in [1.82, 2.24) is 15.1 Å². The number of benzene rings is 2. The molecule has 0 radical (unpaired) electrons. The lowest BCUT2D eigenvalue weighted by molar-refractivity contribution is 0.0545. The molecule has 1 aliphatic heterocycles. The fourth-order valence-corrected chi connectivity index (χ4v) is 4.39. The first-order valence-electron chi connectivity index (χ1n) is 11.6. The van der Waals surface area contributed by atoms with Crippen molar-refractivity contribution in [3.05, 3.63) is 64.8 Å². The molecule has 1 N–H and O–H groups in total. The lowest BCUT2D eigenvalue weighted by Gasteiger charge is -2.38. The van der Waals surface area contributed by atoms with E-state index in [4.69, 9.17) is 9.47 Å². The zero-order valence-corrected chi connectivity index (χ0v) is 20.4. The summed E-state index contributed by atoms with van der Waals surface area (Å²) in [6.07, 6.45) is 2.05. The van der Waals surface area contributed by atoms with Gasteiger partial charge in [0, 0.05) is 16.7 Å². The molecule has 6 nitrogen and oxygen atoms in total. The van der Waals surface area contributed by atoms with Gasteiger partial charge in [0.1, 0.15) is 5.69 Å². The standard InChI is InChI=1S/C27H33N3O3/c1-7-8-15-33-20-14-13-19(16-21(20)32-6)25-22-23(18-11-9-17(2)10-12-18)28-29-24(22)26(31)30(25)27(3,4)5/h9-14,16,25H,7-8,15H2,1-6H3,(H,28,29). The van der Waals surface area contributed by atoms with E-state index >= 15 is 0 Å². The second-order valence-electron chi connectivity index (χ2n) is 9.59. The van der Waals surface area contributed by atoms with Gasteiger partial charge in [-0.2, -0.15) is 5.10 Å². The predicted molar refractivity (Wildman–Crippen MR) is 130 cm³/mol. The number of nitrogens with one attached hydrogen (secondary N) is 1. The molecule has 33 heavy (non-hydrogen) atoms. The Morgan fingerprint density at radius 1 is 1.09 bits per heavy atom. The van der Waals surface area contributed by atoms with Crippen LogP contribution in [0.2, 0.25) is 0 Å². The van der Waals surface area contributed by atoms with E-state index in [1.807, 2.05) is 23.1 Å². The molecule has 1 unspecified atom stereocenters. The van der Waals surface area contributed by atoms with E-state index in [1.54, 1.807) is 7.11 Å². The molecule has 6 heteroatoms. The van der Waals surface area contributed by atoms with Gasteiger partial charge in [-0.15, -0.1) is 0 Å². The van der Waals surface area contributed by atoms with Crippen molar-refractivity contribution in [3.63, 3.8) is 0 Å². The number of carbonyl (C=O) groups excluding carboxylic acids is 1. The number of ether oxygens (including phenoxy) is 2. The number of hydrogen-bond donors (Lipinski definition) is 1. The zero-order chi connectivity index (χ0) is 23.8. The van der Waals surface area contributed by atoms with Crippen molar-refractivity contribution in [2.75, 3.05) is 13.7 Å². The van der Waals surface area contributed by atoms with Crippen LogP contribution in [0.5, 0.6) is 11.5 Å². The van der Waals surface area contributed by atoms with Crippen LogP contribution < -0.4 is 9.47 Å². The van der Waals surface area contributed by atoms with Crippen molar-refractivity contribution in [3.8, 4) is 22.8 Å². The molecule has 0 aliphatic carbocycles. The normalized spacial score (nSPS) is 15.6. The van der Waals surface area contributed by atoms with Gasteiger partial charge < -0.3 is 14.4 Å². The maximum absolute atomic E-state index is 13.5. The summed E-state index contributed by atoms with van der Waals surface area (Å²) >= 11 is 0. The van der Waals surface area contributed by atoms with E-state index in [0.29, 0.717) is 23.8 Å². The Bertz CT molecular complexity index is 1140. The SMILES string of the molecule is CCCCOc1ccc(C2c3c(-c4ccc(C)cc4)n[nH]c3C(=O)N2C(C)(C)C)cc1OC. The highest BCUT2D eigenvalue weighted by Crippen LogP contribution is 2.47. The average Bonchev–Trinajstić information content (AvgIpc) is 3.33. The number of unbranched alkanes of at least 4 members (excludes halogenated alkanes) is 1. The smallest absolute Gasteiger partial charge is 0.273 e. The first-order valence-corrected chi connectivity index (χ1v) is 11.6. The molecule has 0 saturated heterocycles. The van der Waals surface area contributed by atoms with Crippen molar-refractivity contribution in [2.45, 2.75) is 59.0 Å². The molecule has 174 valence electrons. The number of hydrogen-bond acceptors (Lipinski definition) is 4. The zero-order valence-electron chi connectivity index (χ0n) is 20.4. The number of aromatic amines is 1. The number of nitrogens with zero attached hydrogens (tertiary/aromatic N) is 2. The Morgan fingerprint density at radius 3 is 2.45 bits per heavy atom. The highest BCUT2D eigenvalue weighted by Gasteiger charge is 2.46. The Kier molecular flexibility index (Phi) is 6.19. The van der Waals surface area contributed by atoms with Gasteiger partial charge in [-0.3, -0.25) is 9.89 Å². The molecule has 4 rings (SSSR count). The van der Waals surface area contributed by atoms with Crippen LogP contribution >= 0.6 is 0 Å². The highest BCUT2D eigenvalue weighted by molar-refractivity contribution is 6.00. The van der Waals surface area contributed by atoms with Crippen molar-refractivity contribution < 1.29 is 14.3 Å². The van der Waals surface area contributed by atoms with Gasteiger partial charge in [-0.25, -0.2) is 0 Å². The third-order valence-electron chi connectivity index (χ3n) is 6.07. The van der Waals surface area contributed by atoms with Gasteiger partial charge >= 0.3 is 0 Å². The largest absolute Gasteiger partial charge is 0.493 e. The first-order chi connectivity index (χ1) is 15.8. The molecule has 2 aromatic carbocycles. The molecule has 2 heterocycles. The van der Waals surface area contributed by atoms with Crippen LogP contribution in [0.1, 0.15) is 73.8 Å². The van der Waals surface area contributed by atoms with E-state index in [2.05, 4.69) is 69.1 Å². The van der Waals surface area contributed by atoms with Crippen LogP contribution in [-0.2, 0) is 0 Å². The Balaban J connectivity index is 1.83. The van der Waals surface area contributed by atoms with Crippen LogP contribution in [0.3, 0.4) is 0 Å². The van der Waals surface area contributed by atoms with Gasteiger partial charge in [-0.1, -0.05) is 49.2 Å². The minimum absolute atomic E-state index is 0.0457. The summed E-state index contributed by atoms with van der Waals surface area (Å²) in [4.78, 5) is 15.5. The molecule has 0 saturated carbocycles. The molecule has 1 aromatic heterocycles. The number of carbonyl (C=O) groups is 1. The second-order valence-corrected chi connectivity index (χ2v) is 9.59. The quantitative estimate of drug-likeness (QED) is 0.457. The molecule has 1 atom stereocenters.